The maximum Gasteiger partial charge on any atom is 0.296 e. The van der Waals surface area contributed by atoms with Gasteiger partial charge >= 0.3 is 0 Å². The minimum atomic E-state index is -0.545. The lowest BCUT2D eigenvalue weighted by molar-refractivity contribution is -0.112. The summed E-state index contributed by atoms with van der Waals surface area (Å²) in [6, 6.07) is 5.47. The van der Waals surface area contributed by atoms with Crippen molar-refractivity contribution in [3.05, 3.63) is 23.8 Å². The van der Waals surface area contributed by atoms with Gasteiger partial charge in [0.05, 0.1) is 23.5 Å². The largest absolute Gasteiger partial charge is 0.372 e. The van der Waals surface area contributed by atoms with Crippen LogP contribution in [0.1, 0.15) is 24.2 Å². The summed E-state index contributed by atoms with van der Waals surface area (Å²) in [7, 11) is 0. The molecule has 1 fully saturated rings. The zero-order chi connectivity index (χ0) is 13.6. The Morgan fingerprint density at radius 1 is 1.21 bits per heavy atom. The van der Waals surface area contributed by atoms with Crippen molar-refractivity contribution in [2.45, 2.75) is 26.1 Å². The summed E-state index contributed by atoms with van der Waals surface area (Å²) in [6.45, 7) is 5.71. The van der Waals surface area contributed by atoms with Gasteiger partial charge in [-0.25, -0.2) is 0 Å². The van der Waals surface area contributed by atoms with E-state index in [9.17, 15) is 9.59 Å². The third-order valence-electron chi connectivity index (χ3n) is 3.49. The summed E-state index contributed by atoms with van der Waals surface area (Å²) >= 11 is 0. The standard InChI is InChI=1S/C14H16N2O3/c1-8-6-16(7-9(2)19-8)10-3-4-11-12(5-10)15-14(18)13(11)17/h3-5,8-9H,6-7H2,1-2H3,(H,15,17,18)/t8-,9+. The van der Waals surface area contributed by atoms with Gasteiger partial charge in [-0.2, -0.15) is 0 Å². The summed E-state index contributed by atoms with van der Waals surface area (Å²) in [6.07, 6.45) is 0.349. The minimum absolute atomic E-state index is 0.174. The number of hydrogen-bond donors (Lipinski definition) is 1. The Balaban J connectivity index is 1.89. The maximum atomic E-state index is 11.5. The van der Waals surface area contributed by atoms with Crippen LogP contribution in [-0.2, 0) is 9.53 Å². The predicted molar refractivity (Wildman–Crippen MR) is 71.6 cm³/mol. The van der Waals surface area contributed by atoms with Gasteiger partial charge in [0.25, 0.3) is 11.7 Å². The van der Waals surface area contributed by atoms with Crippen LogP contribution in [0, 0.1) is 0 Å². The Bertz CT molecular complexity index is 546. The lowest BCUT2D eigenvalue weighted by Crippen LogP contribution is -2.45. The number of rotatable bonds is 1. The van der Waals surface area contributed by atoms with Gasteiger partial charge < -0.3 is 15.0 Å². The van der Waals surface area contributed by atoms with Crippen molar-refractivity contribution in [3.8, 4) is 0 Å². The minimum Gasteiger partial charge on any atom is -0.372 e. The van der Waals surface area contributed by atoms with Crippen LogP contribution < -0.4 is 10.2 Å². The number of ether oxygens (including phenoxy) is 1. The smallest absolute Gasteiger partial charge is 0.296 e. The Morgan fingerprint density at radius 3 is 2.58 bits per heavy atom. The van der Waals surface area contributed by atoms with Gasteiger partial charge in [-0.1, -0.05) is 0 Å². The Labute approximate surface area is 111 Å². The lowest BCUT2D eigenvalue weighted by atomic mass is 10.1. The molecule has 2 heterocycles. The van der Waals surface area contributed by atoms with Crippen LogP contribution in [0.3, 0.4) is 0 Å². The number of benzene rings is 1. The fourth-order valence-electron chi connectivity index (χ4n) is 2.72. The number of nitrogens with one attached hydrogen (secondary N) is 1. The van der Waals surface area contributed by atoms with Gasteiger partial charge in [0, 0.05) is 18.8 Å². The van der Waals surface area contributed by atoms with E-state index in [1.807, 2.05) is 26.0 Å². The molecule has 0 saturated carbocycles. The van der Waals surface area contributed by atoms with Gasteiger partial charge in [-0.05, 0) is 32.0 Å². The second-order valence-corrected chi connectivity index (χ2v) is 5.18. The molecule has 100 valence electrons. The van der Waals surface area contributed by atoms with E-state index in [0.29, 0.717) is 11.3 Å². The lowest BCUT2D eigenvalue weighted by Gasteiger charge is -2.37. The first-order valence-corrected chi connectivity index (χ1v) is 6.44. The normalized spacial score (nSPS) is 26.3. The van der Waals surface area contributed by atoms with Crippen LogP contribution in [0.25, 0.3) is 0 Å². The van der Waals surface area contributed by atoms with Crippen molar-refractivity contribution < 1.29 is 14.3 Å². The first-order valence-electron chi connectivity index (χ1n) is 6.44. The molecule has 0 radical (unpaired) electrons. The van der Waals surface area contributed by atoms with Gasteiger partial charge in [0.2, 0.25) is 0 Å². The molecule has 1 N–H and O–H groups in total. The third-order valence-corrected chi connectivity index (χ3v) is 3.49. The number of hydrogen-bond acceptors (Lipinski definition) is 4. The van der Waals surface area contributed by atoms with Crippen molar-refractivity contribution in [1.29, 1.82) is 0 Å². The fraction of sp³-hybridized carbons (Fsp3) is 0.429. The summed E-state index contributed by atoms with van der Waals surface area (Å²) in [5.41, 5.74) is 2.08. The van der Waals surface area contributed by atoms with E-state index in [4.69, 9.17) is 4.74 Å². The molecule has 2 atom stereocenters. The fourth-order valence-corrected chi connectivity index (χ4v) is 2.72. The van der Waals surface area contributed by atoms with Crippen LogP contribution in [0.5, 0.6) is 0 Å². The van der Waals surface area contributed by atoms with Crippen molar-refractivity contribution >= 4 is 23.1 Å². The van der Waals surface area contributed by atoms with Crippen LogP contribution in [0.15, 0.2) is 18.2 Å². The highest BCUT2D eigenvalue weighted by Gasteiger charge is 2.29. The number of anilines is 2. The Morgan fingerprint density at radius 2 is 1.89 bits per heavy atom. The number of nitrogens with zero attached hydrogens (tertiary/aromatic N) is 1. The summed E-state index contributed by atoms with van der Waals surface area (Å²) in [5, 5.41) is 2.60. The number of Topliss-reactive ketones (excluding diaryl/α,β-unsaturated/α-hetero) is 1. The first-order chi connectivity index (χ1) is 9.04. The number of ketones is 1. The van der Waals surface area contributed by atoms with Gasteiger partial charge in [-0.15, -0.1) is 0 Å². The van der Waals surface area contributed by atoms with E-state index >= 15 is 0 Å². The van der Waals surface area contributed by atoms with Crippen molar-refractivity contribution in [2.75, 3.05) is 23.3 Å². The number of amides is 1. The quantitative estimate of drug-likeness (QED) is 0.776. The highest BCUT2D eigenvalue weighted by atomic mass is 16.5. The highest BCUT2D eigenvalue weighted by molar-refractivity contribution is 6.51. The average molecular weight is 260 g/mol. The molecule has 19 heavy (non-hydrogen) atoms. The van der Waals surface area contributed by atoms with Crippen molar-refractivity contribution in [2.24, 2.45) is 0 Å². The molecule has 5 heteroatoms. The average Bonchev–Trinajstić information content (AvgIpc) is 2.63. The van der Waals surface area contributed by atoms with Crippen LogP contribution >= 0.6 is 0 Å². The van der Waals surface area contributed by atoms with E-state index < -0.39 is 11.7 Å². The van der Waals surface area contributed by atoms with Crippen molar-refractivity contribution in [1.82, 2.24) is 0 Å². The van der Waals surface area contributed by atoms with Crippen LogP contribution in [0.4, 0.5) is 11.4 Å². The summed E-state index contributed by atoms with van der Waals surface area (Å²) in [5.74, 6) is -0.999. The van der Waals surface area contributed by atoms with Crippen LogP contribution in [0.2, 0.25) is 0 Å². The SMILES string of the molecule is C[C@@H]1CN(c2ccc3c(c2)NC(=O)C3=O)C[C@H](C)O1. The molecule has 0 unspecified atom stereocenters. The molecule has 5 nitrogen and oxygen atoms in total. The number of fused-ring (bicyclic) bond motifs is 1. The van der Waals surface area contributed by atoms with Gasteiger partial charge in [-0.3, -0.25) is 9.59 Å². The number of morpholine rings is 1. The molecule has 1 aromatic carbocycles. The molecule has 1 amide bonds. The molecule has 1 aromatic rings. The molecule has 3 rings (SSSR count). The second-order valence-electron chi connectivity index (χ2n) is 5.18. The Kier molecular flexibility index (Phi) is 2.78. The first kappa shape index (κ1) is 12.2. The summed E-state index contributed by atoms with van der Waals surface area (Å²) in [4.78, 5) is 25.1. The molecule has 0 bridgehead atoms. The maximum absolute atomic E-state index is 11.5. The number of carbonyl (C=O) groups excluding carboxylic acids is 2. The molecule has 0 aromatic heterocycles. The van der Waals surface area contributed by atoms with E-state index in [2.05, 4.69) is 10.2 Å². The molecule has 0 spiro atoms. The molecule has 1 saturated heterocycles. The molecular weight excluding hydrogens is 244 g/mol. The second kappa shape index (κ2) is 4.35. The molecular formula is C14H16N2O3. The van der Waals surface area contributed by atoms with E-state index in [-0.39, 0.29) is 12.2 Å². The molecule has 0 aliphatic carbocycles. The van der Waals surface area contributed by atoms with Gasteiger partial charge in [0.1, 0.15) is 0 Å². The molecule has 2 aliphatic rings. The summed E-state index contributed by atoms with van der Waals surface area (Å²) < 4.78 is 5.70. The van der Waals surface area contributed by atoms with E-state index in [1.54, 1.807) is 6.07 Å². The molecule has 2 aliphatic heterocycles. The number of carbonyl (C=O) groups is 2. The van der Waals surface area contributed by atoms with E-state index in [1.165, 1.54) is 0 Å². The van der Waals surface area contributed by atoms with Crippen LogP contribution in [-0.4, -0.2) is 37.0 Å². The zero-order valence-corrected chi connectivity index (χ0v) is 11.0. The van der Waals surface area contributed by atoms with Gasteiger partial charge in [0.15, 0.2) is 0 Å². The van der Waals surface area contributed by atoms with Crippen molar-refractivity contribution in [3.63, 3.8) is 0 Å². The Hall–Kier alpha value is -1.88. The zero-order valence-electron chi connectivity index (χ0n) is 11.0. The van der Waals surface area contributed by atoms with E-state index in [0.717, 1.165) is 18.8 Å². The predicted octanol–water partition coefficient (Wildman–Crippen LogP) is 1.44. The highest BCUT2D eigenvalue weighted by Crippen LogP contribution is 2.29. The third kappa shape index (κ3) is 2.10. The monoisotopic (exact) mass is 260 g/mol. The topological polar surface area (TPSA) is 58.6 Å².